The smallest absolute Gasteiger partial charge is 0.339 e. The number of aromatic carboxylic acids is 1. The Labute approximate surface area is 141 Å². The number of nitrogens with zero attached hydrogens (tertiary/aromatic N) is 1. The second-order valence-electron chi connectivity index (χ2n) is 6.14. The summed E-state index contributed by atoms with van der Waals surface area (Å²) in [5.74, 6) is 2.48. The van der Waals surface area contributed by atoms with Crippen LogP contribution < -0.4 is 0 Å². The average molecular weight is 347 g/mol. The third-order valence-corrected chi connectivity index (χ3v) is 6.76. The molecule has 1 unspecified atom stereocenters. The van der Waals surface area contributed by atoms with E-state index in [-0.39, 0.29) is 11.3 Å². The minimum Gasteiger partial charge on any atom is -0.507 e. The van der Waals surface area contributed by atoms with Gasteiger partial charge in [0.15, 0.2) is 0 Å². The zero-order chi connectivity index (χ0) is 17.3. The van der Waals surface area contributed by atoms with Crippen molar-refractivity contribution in [2.75, 3.05) is 13.1 Å². The van der Waals surface area contributed by atoms with Crippen LogP contribution in [-0.4, -0.2) is 43.7 Å². The van der Waals surface area contributed by atoms with Crippen molar-refractivity contribution in [3.63, 3.8) is 0 Å². The number of benzene rings is 2. The number of hydrogen-bond acceptors (Lipinski definition) is 3. The molecule has 6 heteroatoms. The van der Waals surface area contributed by atoms with Crippen molar-refractivity contribution < 1.29 is 19.2 Å². The van der Waals surface area contributed by atoms with Crippen molar-refractivity contribution in [1.82, 2.24) is 4.31 Å². The lowest BCUT2D eigenvalue weighted by atomic mass is 10.1. The van der Waals surface area contributed by atoms with Crippen LogP contribution in [0, 0.1) is 0 Å². The Balaban J connectivity index is 2.15. The molecular weight excluding hydrogens is 326 g/mol. The second kappa shape index (κ2) is 6.45. The number of rotatable bonds is 3. The second-order valence-corrected chi connectivity index (χ2v) is 8.37. The van der Waals surface area contributed by atoms with Crippen LogP contribution in [0.15, 0.2) is 35.2 Å². The van der Waals surface area contributed by atoms with Gasteiger partial charge in [-0.2, -0.15) is 0 Å². The van der Waals surface area contributed by atoms with Crippen molar-refractivity contribution in [3.8, 4) is 5.75 Å². The average Bonchev–Trinajstić information content (AvgIpc) is 2.83. The van der Waals surface area contributed by atoms with Gasteiger partial charge < -0.3 is 10.2 Å². The molecule has 1 saturated heterocycles. The molecule has 1 fully saturated rings. The van der Waals surface area contributed by atoms with Gasteiger partial charge in [-0.25, -0.2) is 13.3 Å². The minimum absolute atomic E-state index is 0.162. The summed E-state index contributed by atoms with van der Waals surface area (Å²) in [6, 6.07) is 8.05. The lowest BCUT2D eigenvalue weighted by Crippen LogP contribution is -2.31. The van der Waals surface area contributed by atoms with E-state index in [1.165, 1.54) is 12.1 Å². The Morgan fingerprint density at radius 2 is 1.79 bits per heavy atom. The molecule has 1 atom stereocenters. The SMILES string of the molecule is C=S(=O)(c1cccc2cc(C(=O)O)c(O)cc12)N1CCCCCC1. The van der Waals surface area contributed by atoms with E-state index in [4.69, 9.17) is 5.11 Å². The van der Waals surface area contributed by atoms with Gasteiger partial charge in [0.25, 0.3) is 0 Å². The monoisotopic (exact) mass is 347 g/mol. The van der Waals surface area contributed by atoms with Crippen LogP contribution in [0.4, 0.5) is 0 Å². The van der Waals surface area contributed by atoms with Crippen LogP contribution in [0.5, 0.6) is 5.75 Å². The molecule has 0 aromatic heterocycles. The molecule has 0 radical (unpaired) electrons. The molecule has 0 aliphatic carbocycles. The first kappa shape index (κ1) is 16.8. The van der Waals surface area contributed by atoms with E-state index < -0.39 is 15.7 Å². The van der Waals surface area contributed by atoms with Crippen molar-refractivity contribution in [2.24, 2.45) is 0 Å². The standard InChI is InChI=1S/C18H21NO4S/c1-24(23,19-9-4-2-3-5-10-19)17-8-6-7-13-11-15(18(21)22)16(20)12-14(13)17/h6-8,11-12,20H,1-5,9-10H2,(H,21,22). The lowest BCUT2D eigenvalue weighted by Gasteiger charge is -2.25. The number of carboxylic acids is 1. The number of aromatic hydroxyl groups is 1. The minimum atomic E-state index is -2.69. The summed E-state index contributed by atoms with van der Waals surface area (Å²) in [6.45, 7) is 1.47. The molecule has 2 aromatic rings. The van der Waals surface area contributed by atoms with Gasteiger partial charge in [-0.3, -0.25) is 0 Å². The summed E-state index contributed by atoms with van der Waals surface area (Å²) in [6.07, 6.45) is 4.24. The van der Waals surface area contributed by atoms with Crippen LogP contribution in [0.2, 0.25) is 0 Å². The van der Waals surface area contributed by atoms with E-state index in [0.717, 1.165) is 38.8 Å². The molecule has 128 valence electrons. The topological polar surface area (TPSA) is 77.8 Å². The third kappa shape index (κ3) is 2.99. The van der Waals surface area contributed by atoms with Crippen molar-refractivity contribution >= 4 is 32.3 Å². The van der Waals surface area contributed by atoms with Crippen LogP contribution in [-0.2, 0) is 9.71 Å². The lowest BCUT2D eigenvalue weighted by molar-refractivity contribution is 0.0694. The predicted octanol–water partition coefficient (Wildman–Crippen LogP) is 3.11. The number of carboxylic acid groups (broad SMARTS) is 1. The molecule has 0 saturated carbocycles. The first-order chi connectivity index (χ1) is 11.4. The summed E-state index contributed by atoms with van der Waals surface area (Å²) < 4.78 is 15.4. The fourth-order valence-corrected chi connectivity index (χ4v) is 5.15. The van der Waals surface area contributed by atoms with Gasteiger partial charge in [-0.15, -0.1) is 0 Å². The summed E-state index contributed by atoms with van der Waals surface area (Å²) >= 11 is 0. The van der Waals surface area contributed by atoms with Gasteiger partial charge in [-0.1, -0.05) is 25.0 Å². The summed E-state index contributed by atoms with van der Waals surface area (Å²) in [4.78, 5) is 11.7. The van der Waals surface area contributed by atoms with E-state index in [1.807, 2.05) is 4.31 Å². The van der Waals surface area contributed by atoms with Gasteiger partial charge in [-0.05, 0) is 42.3 Å². The predicted molar refractivity (Wildman–Crippen MR) is 96.1 cm³/mol. The molecule has 1 aliphatic heterocycles. The van der Waals surface area contributed by atoms with Gasteiger partial charge in [0.2, 0.25) is 0 Å². The van der Waals surface area contributed by atoms with Crippen LogP contribution in [0.3, 0.4) is 0 Å². The maximum absolute atomic E-state index is 13.5. The van der Waals surface area contributed by atoms with Crippen LogP contribution in [0.25, 0.3) is 10.8 Å². The molecule has 0 bridgehead atoms. The van der Waals surface area contributed by atoms with Gasteiger partial charge in [0, 0.05) is 18.5 Å². The molecule has 24 heavy (non-hydrogen) atoms. The maximum atomic E-state index is 13.5. The molecule has 1 heterocycles. The molecule has 2 N–H and O–H groups in total. The van der Waals surface area contributed by atoms with Crippen LogP contribution >= 0.6 is 0 Å². The fraction of sp³-hybridized carbons (Fsp3) is 0.333. The molecule has 5 nitrogen and oxygen atoms in total. The summed E-state index contributed by atoms with van der Waals surface area (Å²) in [7, 11) is -2.69. The van der Waals surface area contributed by atoms with Crippen molar-refractivity contribution in [2.45, 2.75) is 30.6 Å². The molecule has 2 aromatic carbocycles. The van der Waals surface area contributed by atoms with E-state index >= 15 is 0 Å². The van der Waals surface area contributed by atoms with E-state index in [2.05, 4.69) is 5.87 Å². The van der Waals surface area contributed by atoms with Gasteiger partial charge >= 0.3 is 5.97 Å². The zero-order valence-electron chi connectivity index (χ0n) is 13.4. The zero-order valence-corrected chi connectivity index (χ0v) is 14.2. The highest BCUT2D eigenvalue weighted by molar-refractivity contribution is 7.98. The first-order valence-corrected chi connectivity index (χ1v) is 9.71. The summed E-state index contributed by atoms with van der Waals surface area (Å²) in [5, 5.41) is 20.4. The Kier molecular flexibility index (Phi) is 4.51. The number of phenols is 1. The number of hydrogen-bond donors (Lipinski definition) is 2. The Hall–Kier alpha value is -2.05. The molecule has 1 aliphatic rings. The Morgan fingerprint density at radius 1 is 1.12 bits per heavy atom. The Bertz CT molecular complexity index is 881. The molecule has 3 rings (SSSR count). The normalized spacial score (nSPS) is 18.8. The van der Waals surface area contributed by atoms with E-state index in [9.17, 15) is 14.1 Å². The fourth-order valence-electron chi connectivity index (χ4n) is 3.21. The van der Waals surface area contributed by atoms with Gasteiger partial charge in [0.05, 0.1) is 14.6 Å². The van der Waals surface area contributed by atoms with Crippen molar-refractivity contribution in [1.29, 1.82) is 0 Å². The van der Waals surface area contributed by atoms with E-state index in [1.54, 1.807) is 18.2 Å². The maximum Gasteiger partial charge on any atom is 0.339 e. The number of carbonyl (C=O) groups is 1. The Morgan fingerprint density at radius 3 is 2.42 bits per heavy atom. The first-order valence-electron chi connectivity index (χ1n) is 8.02. The van der Waals surface area contributed by atoms with Crippen LogP contribution in [0.1, 0.15) is 36.0 Å². The summed E-state index contributed by atoms with van der Waals surface area (Å²) in [5.41, 5.74) is -0.162. The molecular formula is C18H21NO4S. The highest BCUT2D eigenvalue weighted by atomic mass is 32.2. The third-order valence-electron chi connectivity index (χ3n) is 4.51. The highest BCUT2D eigenvalue weighted by Crippen LogP contribution is 2.32. The van der Waals surface area contributed by atoms with Crippen molar-refractivity contribution in [3.05, 3.63) is 35.9 Å². The van der Waals surface area contributed by atoms with E-state index in [0.29, 0.717) is 15.7 Å². The number of fused-ring (bicyclic) bond motifs is 1. The quantitative estimate of drug-likeness (QED) is 0.836. The highest BCUT2D eigenvalue weighted by Gasteiger charge is 2.22. The molecule has 0 amide bonds. The molecule has 0 spiro atoms. The van der Waals surface area contributed by atoms with Gasteiger partial charge in [0.1, 0.15) is 11.3 Å². The largest absolute Gasteiger partial charge is 0.507 e.